The summed E-state index contributed by atoms with van der Waals surface area (Å²) in [6, 6.07) is 14.4. The fraction of sp³-hybridized carbons (Fsp3) is 0.0625. The lowest BCUT2D eigenvalue weighted by Crippen LogP contribution is -2.03. The van der Waals surface area contributed by atoms with Crippen LogP contribution in [0, 0.1) is 0 Å². The molecule has 0 saturated carbocycles. The molecule has 0 aliphatic carbocycles. The van der Waals surface area contributed by atoms with Crippen LogP contribution in [0.15, 0.2) is 57.6 Å². The van der Waals surface area contributed by atoms with Crippen LogP contribution >= 0.6 is 15.9 Å². The van der Waals surface area contributed by atoms with Crippen molar-refractivity contribution < 1.29 is 19.1 Å². The van der Waals surface area contributed by atoms with Crippen molar-refractivity contribution in [2.24, 2.45) is 0 Å². The van der Waals surface area contributed by atoms with Crippen LogP contribution in [0.3, 0.4) is 0 Å². The number of benzene rings is 2. The van der Waals surface area contributed by atoms with E-state index in [4.69, 9.17) is 9.15 Å². The smallest absolute Gasteiger partial charge is 0.339 e. The third kappa shape index (κ3) is 2.78. The average Bonchev–Trinajstić information content (AvgIpc) is 2.90. The van der Waals surface area contributed by atoms with Crippen molar-refractivity contribution in [3.63, 3.8) is 0 Å². The summed E-state index contributed by atoms with van der Waals surface area (Å²) in [5.41, 5.74) is 0.138. The molecule has 0 radical (unpaired) electrons. The first-order chi connectivity index (χ1) is 10.1. The van der Waals surface area contributed by atoms with Gasteiger partial charge < -0.3 is 14.3 Å². The lowest BCUT2D eigenvalue weighted by molar-refractivity contribution is 0.0691. The van der Waals surface area contributed by atoms with Crippen molar-refractivity contribution in [2.45, 2.75) is 6.61 Å². The third-order valence-corrected chi connectivity index (χ3v) is 3.52. The topological polar surface area (TPSA) is 59.7 Å². The molecule has 1 heterocycles. The number of ether oxygens (including phenoxy) is 1. The molecule has 0 saturated heterocycles. The lowest BCUT2D eigenvalue weighted by Gasteiger charge is -2.11. The van der Waals surface area contributed by atoms with Crippen LogP contribution in [0.4, 0.5) is 0 Å². The van der Waals surface area contributed by atoms with Gasteiger partial charge in [0.25, 0.3) is 0 Å². The van der Waals surface area contributed by atoms with Crippen molar-refractivity contribution in [3.8, 4) is 5.75 Å². The zero-order valence-corrected chi connectivity index (χ0v) is 12.5. The largest absolute Gasteiger partial charge is 0.484 e. The quantitative estimate of drug-likeness (QED) is 0.756. The molecular weight excluding hydrogens is 336 g/mol. The van der Waals surface area contributed by atoms with Gasteiger partial charge >= 0.3 is 5.97 Å². The molecule has 1 aromatic heterocycles. The summed E-state index contributed by atoms with van der Waals surface area (Å²) in [4.78, 5) is 11.4. The Morgan fingerprint density at radius 2 is 1.95 bits per heavy atom. The standard InChI is InChI=1S/C16H11BrO4/c17-14-8-6-11(21-14)9-20-15-12-4-2-1-3-10(12)5-7-13(15)16(18)19/h1-8H,9H2,(H,18,19). The second kappa shape index (κ2) is 5.61. The monoisotopic (exact) mass is 346 g/mol. The minimum atomic E-state index is -1.02. The zero-order chi connectivity index (χ0) is 14.8. The van der Waals surface area contributed by atoms with Crippen molar-refractivity contribution >= 4 is 32.7 Å². The summed E-state index contributed by atoms with van der Waals surface area (Å²) in [7, 11) is 0. The molecule has 0 unspecified atom stereocenters. The number of fused-ring (bicyclic) bond motifs is 1. The van der Waals surface area contributed by atoms with Gasteiger partial charge in [0.2, 0.25) is 0 Å². The van der Waals surface area contributed by atoms with Crippen LogP contribution in [-0.4, -0.2) is 11.1 Å². The first-order valence-electron chi connectivity index (χ1n) is 6.27. The molecule has 4 nitrogen and oxygen atoms in total. The maximum atomic E-state index is 11.4. The Morgan fingerprint density at radius 1 is 1.14 bits per heavy atom. The Morgan fingerprint density at radius 3 is 2.67 bits per heavy atom. The van der Waals surface area contributed by atoms with E-state index in [1.54, 1.807) is 24.3 Å². The molecule has 0 bridgehead atoms. The normalized spacial score (nSPS) is 10.7. The molecule has 21 heavy (non-hydrogen) atoms. The molecule has 0 fully saturated rings. The van der Waals surface area contributed by atoms with Gasteiger partial charge in [-0.05, 0) is 39.5 Å². The van der Waals surface area contributed by atoms with Gasteiger partial charge in [0, 0.05) is 5.39 Å². The minimum absolute atomic E-state index is 0.138. The number of hydrogen-bond acceptors (Lipinski definition) is 3. The van der Waals surface area contributed by atoms with Crippen LogP contribution in [0.25, 0.3) is 10.8 Å². The van der Waals surface area contributed by atoms with Gasteiger partial charge in [-0.25, -0.2) is 4.79 Å². The molecule has 2 aromatic carbocycles. The van der Waals surface area contributed by atoms with Gasteiger partial charge in [0.05, 0.1) is 0 Å². The fourth-order valence-corrected chi connectivity index (χ4v) is 2.48. The molecule has 0 spiro atoms. The summed E-state index contributed by atoms with van der Waals surface area (Å²) < 4.78 is 11.7. The number of hydrogen-bond donors (Lipinski definition) is 1. The SMILES string of the molecule is O=C(O)c1ccc2ccccc2c1OCc1ccc(Br)o1. The van der Waals surface area contributed by atoms with Crippen LogP contribution < -0.4 is 4.74 Å². The maximum Gasteiger partial charge on any atom is 0.339 e. The molecule has 0 atom stereocenters. The highest BCUT2D eigenvalue weighted by atomic mass is 79.9. The van der Waals surface area contributed by atoms with Crippen LogP contribution in [0.2, 0.25) is 0 Å². The van der Waals surface area contributed by atoms with Crippen LogP contribution in [-0.2, 0) is 6.61 Å². The van der Waals surface area contributed by atoms with E-state index in [0.717, 1.165) is 10.8 Å². The Kier molecular flexibility index (Phi) is 3.66. The van der Waals surface area contributed by atoms with Gasteiger partial charge in [-0.2, -0.15) is 0 Å². The van der Waals surface area contributed by atoms with E-state index in [1.807, 2.05) is 24.3 Å². The number of rotatable bonds is 4. The van der Waals surface area contributed by atoms with Crippen molar-refractivity contribution in [2.75, 3.05) is 0 Å². The van der Waals surface area contributed by atoms with Crippen molar-refractivity contribution in [3.05, 3.63) is 64.5 Å². The van der Waals surface area contributed by atoms with E-state index < -0.39 is 5.97 Å². The van der Waals surface area contributed by atoms with E-state index >= 15 is 0 Å². The zero-order valence-electron chi connectivity index (χ0n) is 10.9. The predicted molar refractivity (Wildman–Crippen MR) is 81.6 cm³/mol. The molecule has 3 rings (SSSR count). The van der Waals surface area contributed by atoms with E-state index in [9.17, 15) is 9.90 Å². The number of carboxylic acid groups (broad SMARTS) is 1. The molecule has 0 aliphatic heterocycles. The Hall–Kier alpha value is -2.27. The predicted octanol–water partition coefficient (Wildman–Crippen LogP) is 4.47. The first-order valence-corrected chi connectivity index (χ1v) is 7.06. The molecule has 0 amide bonds. The minimum Gasteiger partial charge on any atom is -0.484 e. The highest BCUT2D eigenvalue weighted by Crippen LogP contribution is 2.31. The lowest BCUT2D eigenvalue weighted by atomic mass is 10.1. The Balaban J connectivity index is 2.01. The third-order valence-electron chi connectivity index (χ3n) is 3.10. The Bertz CT molecular complexity index is 807. The number of carbonyl (C=O) groups is 1. The summed E-state index contributed by atoms with van der Waals surface area (Å²) in [5, 5.41) is 11.0. The average molecular weight is 347 g/mol. The summed E-state index contributed by atoms with van der Waals surface area (Å²) in [6.07, 6.45) is 0. The molecular formula is C16H11BrO4. The fourth-order valence-electron chi connectivity index (χ4n) is 2.14. The Labute approximate surface area is 129 Å². The highest BCUT2D eigenvalue weighted by Gasteiger charge is 2.15. The van der Waals surface area contributed by atoms with Gasteiger partial charge in [0.15, 0.2) is 4.67 Å². The maximum absolute atomic E-state index is 11.4. The second-order valence-electron chi connectivity index (χ2n) is 4.46. The van der Waals surface area contributed by atoms with Crippen LogP contribution in [0.5, 0.6) is 5.75 Å². The molecule has 3 aromatic rings. The van der Waals surface area contributed by atoms with Gasteiger partial charge in [-0.3, -0.25) is 0 Å². The van der Waals surface area contributed by atoms with Gasteiger partial charge in [-0.1, -0.05) is 30.3 Å². The summed E-state index contributed by atoms with van der Waals surface area (Å²) in [6.45, 7) is 0.167. The van der Waals surface area contributed by atoms with E-state index in [0.29, 0.717) is 16.2 Å². The van der Waals surface area contributed by atoms with Gasteiger partial charge in [-0.15, -0.1) is 0 Å². The van der Waals surface area contributed by atoms with Crippen LogP contribution in [0.1, 0.15) is 16.1 Å². The van der Waals surface area contributed by atoms with E-state index in [-0.39, 0.29) is 12.2 Å². The van der Waals surface area contributed by atoms with Crippen molar-refractivity contribution in [1.82, 2.24) is 0 Å². The van der Waals surface area contributed by atoms with Gasteiger partial charge in [0.1, 0.15) is 23.7 Å². The van der Waals surface area contributed by atoms with Crippen molar-refractivity contribution in [1.29, 1.82) is 0 Å². The highest BCUT2D eigenvalue weighted by molar-refractivity contribution is 9.10. The second-order valence-corrected chi connectivity index (χ2v) is 5.24. The first kappa shape index (κ1) is 13.7. The number of aromatic carboxylic acids is 1. The molecule has 0 aliphatic rings. The number of halogens is 1. The summed E-state index contributed by atoms with van der Waals surface area (Å²) >= 11 is 3.22. The van der Waals surface area contributed by atoms with E-state index in [1.165, 1.54) is 0 Å². The molecule has 106 valence electrons. The number of carboxylic acids is 1. The molecule has 1 N–H and O–H groups in total. The number of furan rings is 1. The summed E-state index contributed by atoms with van der Waals surface area (Å²) in [5.74, 6) is -0.0457. The van der Waals surface area contributed by atoms with E-state index in [2.05, 4.69) is 15.9 Å². The molecule has 5 heteroatoms.